The molecule has 0 radical (unpaired) electrons. The molecule has 2 aromatic carbocycles. The molecule has 6 heteroatoms. The normalized spacial score (nSPS) is 10.9. The number of fused-ring (bicyclic) bond motifs is 1. The van der Waals surface area contributed by atoms with Crippen LogP contribution in [-0.2, 0) is 11.2 Å². The lowest BCUT2D eigenvalue weighted by Crippen LogP contribution is -2.33. The summed E-state index contributed by atoms with van der Waals surface area (Å²) in [6, 6.07) is 14.5. The first-order valence-corrected chi connectivity index (χ1v) is 10.6. The average molecular weight is 432 g/mol. The van der Waals surface area contributed by atoms with Gasteiger partial charge in [-0.3, -0.25) is 9.69 Å². The van der Waals surface area contributed by atoms with Crippen LogP contribution in [0.2, 0.25) is 0 Å². The maximum Gasteiger partial charge on any atom is 0.229 e. The van der Waals surface area contributed by atoms with Crippen molar-refractivity contribution in [3.8, 4) is 0 Å². The van der Waals surface area contributed by atoms with Crippen molar-refractivity contribution < 1.29 is 4.79 Å². The number of carbonyl (C=O) groups is 1. The number of aromatic nitrogens is 1. The van der Waals surface area contributed by atoms with E-state index in [1.807, 2.05) is 23.1 Å². The van der Waals surface area contributed by atoms with Gasteiger partial charge in [0.15, 0.2) is 5.13 Å². The molecule has 0 fully saturated rings. The van der Waals surface area contributed by atoms with E-state index in [4.69, 9.17) is 4.98 Å². The molecule has 0 N–H and O–H groups in total. The number of thiazole rings is 1. The molecule has 0 aliphatic carbocycles. The number of nitrogens with zero attached hydrogens (tertiary/aromatic N) is 3. The summed E-state index contributed by atoms with van der Waals surface area (Å²) >= 11 is 1.62. The highest BCUT2D eigenvalue weighted by atomic mass is 35.5. The number of hydrogen-bond donors (Lipinski definition) is 0. The third-order valence-corrected chi connectivity index (χ3v) is 5.83. The number of aryl methyl sites for hydroxylation is 3. The molecule has 0 aliphatic heterocycles. The second-order valence-corrected chi connectivity index (χ2v) is 8.62. The highest BCUT2D eigenvalue weighted by Crippen LogP contribution is 2.32. The zero-order chi connectivity index (χ0) is 20.1. The van der Waals surface area contributed by atoms with E-state index in [9.17, 15) is 4.79 Å². The Morgan fingerprint density at radius 3 is 2.48 bits per heavy atom. The molecule has 0 atom stereocenters. The summed E-state index contributed by atoms with van der Waals surface area (Å²) in [5.74, 6) is 0.149. The zero-order valence-electron chi connectivity index (χ0n) is 17.6. The minimum atomic E-state index is 0. The lowest BCUT2D eigenvalue weighted by molar-refractivity contribution is -0.118. The quantitative estimate of drug-likeness (QED) is 0.488. The molecule has 29 heavy (non-hydrogen) atoms. The fourth-order valence-corrected chi connectivity index (χ4v) is 4.56. The Balaban J connectivity index is 0.00000300. The third-order valence-electron chi connectivity index (χ3n) is 4.81. The summed E-state index contributed by atoms with van der Waals surface area (Å²) in [5.41, 5.74) is 4.61. The minimum Gasteiger partial charge on any atom is -0.309 e. The van der Waals surface area contributed by atoms with Crippen LogP contribution in [-0.4, -0.2) is 43.0 Å². The topological polar surface area (TPSA) is 36.4 Å². The monoisotopic (exact) mass is 431 g/mol. The van der Waals surface area contributed by atoms with Gasteiger partial charge in [-0.15, -0.1) is 12.4 Å². The Morgan fingerprint density at radius 1 is 1.07 bits per heavy atom. The first kappa shape index (κ1) is 23.3. The maximum absolute atomic E-state index is 13.1. The van der Waals surface area contributed by atoms with Crippen LogP contribution in [0, 0.1) is 13.8 Å². The number of rotatable bonds is 8. The molecule has 4 nitrogen and oxygen atoms in total. The van der Waals surface area contributed by atoms with Crippen molar-refractivity contribution in [2.45, 2.75) is 33.1 Å². The van der Waals surface area contributed by atoms with Gasteiger partial charge < -0.3 is 4.90 Å². The predicted molar refractivity (Wildman–Crippen MR) is 127 cm³/mol. The third kappa shape index (κ3) is 6.26. The van der Waals surface area contributed by atoms with Gasteiger partial charge in [0, 0.05) is 13.0 Å². The minimum absolute atomic E-state index is 0. The van der Waals surface area contributed by atoms with Crippen LogP contribution in [0.1, 0.15) is 29.5 Å². The van der Waals surface area contributed by atoms with E-state index in [1.54, 1.807) is 11.3 Å². The van der Waals surface area contributed by atoms with Crippen molar-refractivity contribution in [1.29, 1.82) is 0 Å². The van der Waals surface area contributed by atoms with Gasteiger partial charge in [0.05, 0.1) is 10.2 Å². The van der Waals surface area contributed by atoms with E-state index >= 15 is 0 Å². The fourth-order valence-electron chi connectivity index (χ4n) is 3.38. The molecule has 1 heterocycles. The van der Waals surface area contributed by atoms with Crippen LogP contribution in [0.25, 0.3) is 10.2 Å². The Bertz CT molecular complexity index is 940. The van der Waals surface area contributed by atoms with Crippen LogP contribution in [0.4, 0.5) is 5.13 Å². The SMILES string of the molecule is Cc1cc(C)c2nc(N(CCCN(C)C)C(=O)CCc3ccccc3)sc2c1.Cl. The van der Waals surface area contributed by atoms with Crippen molar-refractivity contribution in [3.63, 3.8) is 0 Å². The van der Waals surface area contributed by atoms with Crippen LogP contribution in [0.15, 0.2) is 42.5 Å². The molecular formula is C23H30ClN3OS. The second-order valence-electron chi connectivity index (χ2n) is 7.61. The van der Waals surface area contributed by atoms with Gasteiger partial charge in [-0.2, -0.15) is 0 Å². The smallest absolute Gasteiger partial charge is 0.229 e. The lowest BCUT2D eigenvalue weighted by atomic mass is 10.1. The molecule has 3 rings (SSSR count). The summed E-state index contributed by atoms with van der Waals surface area (Å²) in [4.78, 5) is 22.0. The predicted octanol–water partition coefficient (Wildman–Crippen LogP) is 5.25. The van der Waals surface area contributed by atoms with Crippen LogP contribution >= 0.6 is 23.7 Å². The molecule has 1 aromatic heterocycles. The highest BCUT2D eigenvalue weighted by molar-refractivity contribution is 7.22. The number of halogens is 1. The van der Waals surface area contributed by atoms with Gasteiger partial charge in [-0.05, 0) is 70.1 Å². The summed E-state index contributed by atoms with van der Waals surface area (Å²) < 4.78 is 1.15. The van der Waals surface area contributed by atoms with E-state index in [0.29, 0.717) is 13.0 Å². The molecular weight excluding hydrogens is 402 g/mol. The Labute approximate surface area is 184 Å². The summed E-state index contributed by atoms with van der Waals surface area (Å²) in [7, 11) is 4.12. The largest absolute Gasteiger partial charge is 0.309 e. The second kappa shape index (κ2) is 10.7. The Morgan fingerprint density at radius 2 is 1.79 bits per heavy atom. The molecule has 156 valence electrons. The average Bonchev–Trinajstić information content (AvgIpc) is 3.08. The Hall–Kier alpha value is -1.95. The van der Waals surface area contributed by atoms with Crippen LogP contribution < -0.4 is 4.90 Å². The van der Waals surface area contributed by atoms with Gasteiger partial charge in [0.25, 0.3) is 0 Å². The molecule has 0 aliphatic rings. The maximum atomic E-state index is 13.1. The summed E-state index contributed by atoms with van der Waals surface area (Å²) in [6.45, 7) is 5.84. The van der Waals surface area contributed by atoms with Gasteiger partial charge in [-0.25, -0.2) is 4.98 Å². The highest BCUT2D eigenvalue weighted by Gasteiger charge is 2.20. The lowest BCUT2D eigenvalue weighted by Gasteiger charge is -2.21. The first-order valence-electron chi connectivity index (χ1n) is 9.81. The number of benzene rings is 2. The van der Waals surface area contributed by atoms with Gasteiger partial charge in [0.1, 0.15) is 0 Å². The van der Waals surface area contributed by atoms with Crippen LogP contribution in [0.3, 0.4) is 0 Å². The molecule has 0 saturated heterocycles. The molecule has 0 spiro atoms. The van der Waals surface area contributed by atoms with Crippen LogP contribution in [0.5, 0.6) is 0 Å². The van der Waals surface area contributed by atoms with Gasteiger partial charge in [-0.1, -0.05) is 47.7 Å². The van der Waals surface area contributed by atoms with Crippen molar-refractivity contribution in [1.82, 2.24) is 9.88 Å². The molecule has 0 saturated carbocycles. The van der Waals surface area contributed by atoms with Crippen molar-refractivity contribution >= 4 is 45.0 Å². The van der Waals surface area contributed by atoms with E-state index in [0.717, 1.165) is 34.7 Å². The van der Waals surface area contributed by atoms with Crippen molar-refractivity contribution in [2.75, 3.05) is 32.1 Å². The first-order chi connectivity index (χ1) is 13.4. The molecule has 3 aromatic rings. The number of anilines is 1. The van der Waals surface area contributed by atoms with Gasteiger partial charge in [0.2, 0.25) is 5.91 Å². The Kier molecular flexibility index (Phi) is 8.62. The number of carbonyl (C=O) groups excluding carboxylic acids is 1. The van der Waals surface area contributed by atoms with Crippen molar-refractivity contribution in [3.05, 3.63) is 59.2 Å². The van der Waals surface area contributed by atoms with Gasteiger partial charge >= 0.3 is 0 Å². The number of hydrogen-bond acceptors (Lipinski definition) is 4. The number of amides is 1. The van der Waals surface area contributed by atoms with Crippen molar-refractivity contribution in [2.24, 2.45) is 0 Å². The summed E-state index contributed by atoms with van der Waals surface area (Å²) in [5, 5.41) is 0.820. The fraction of sp³-hybridized carbons (Fsp3) is 0.391. The molecule has 0 unspecified atom stereocenters. The molecule has 0 bridgehead atoms. The van der Waals surface area contributed by atoms with E-state index in [1.165, 1.54) is 16.7 Å². The van der Waals surface area contributed by atoms with E-state index in [-0.39, 0.29) is 18.3 Å². The van der Waals surface area contributed by atoms with E-state index in [2.05, 4.69) is 57.1 Å². The zero-order valence-corrected chi connectivity index (χ0v) is 19.3. The van der Waals surface area contributed by atoms with E-state index < -0.39 is 0 Å². The molecule has 1 amide bonds. The summed E-state index contributed by atoms with van der Waals surface area (Å²) in [6.07, 6.45) is 2.19. The standard InChI is InChI=1S/C23H29N3OS.ClH/c1-17-15-18(2)22-20(16-17)28-23(24-22)26(14-8-13-25(3)4)21(27)12-11-19-9-6-5-7-10-19;/h5-7,9-10,15-16H,8,11-14H2,1-4H3;1H.